The second-order valence-corrected chi connectivity index (χ2v) is 5.45. The van der Waals surface area contributed by atoms with E-state index in [1.165, 1.54) is 6.39 Å². The summed E-state index contributed by atoms with van der Waals surface area (Å²) in [5.41, 5.74) is 0.796. The van der Waals surface area contributed by atoms with Gasteiger partial charge in [-0.15, -0.1) is 0 Å². The molecule has 1 saturated carbocycles. The van der Waals surface area contributed by atoms with Crippen molar-refractivity contribution in [3.63, 3.8) is 0 Å². The largest absolute Gasteiger partial charge is 0.467 e. The maximum Gasteiger partial charge on any atom is 0.292 e. The van der Waals surface area contributed by atoms with Crippen LogP contribution in [0.15, 0.2) is 33.6 Å². The number of morpholine rings is 1. The molecular weight excluding hydrogens is 272 g/mol. The van der Waals surface area contributed by atoms with Crippen LogP contribution in [0, 0.1) is 0 Å². The molecule has 1 amide bonds. The number of furan rings is 1. The molecule has 3 heterocycles. The lowest BCUT2D eigenvalue weighted by molar-refractivity contribution is -0.0103. The van der Waals surface area contributed by atoms with Gasteiger partial charge in [0.15, 0.2) is 6.39 Å². The Labute approximate surface area is 121 Å². The van der Waals surface area contributed by atoms with Gasteiger partial charge in [0.05, 0.1) is 25.2 Å². The van der Waals surface area contributed by atoms with Crippen molar-refractivity contribution in [3.8, 4) is 0 Å². The monoisotopic (exact) mass is 288 g/mol. The van der Waals surface area contributed by atoms with Crippen molar-refractivity contribution >= 4 is 5.91 Å². The van der Waals surface area contributed by atoms with Crippen LogP contribution in [0.3, 0.4) is 0 Å². The Hall–Kier alpha value is -2.08. The SMILES string of the molecule is O=C(c1ocnc1C1CC1)N1CCOCC1c1ccco1. The van der Waals surface area contributed by atoms with E-state index < -0.39 is 0 Å². The zero-order valence-electron chi connectivity index (χ0n) is 11.5. The minimum Gasteiger partial charge on any atom is -0.467 e. The van der Waals surface area contributed by atoms with Crippen LogP contribution < -0.4 is 0 Å². The summed E-state index contributed by atoms with van der Waals surface area (Å²) < 4.78 is 16.3. The summed E-state index contributed by atoms with van der Waals surface area (Å²) in [5, 5.41) is 0. The Morgan fingerprint density at radius 1 is 1.33 bits per heavy atom. The van der Waals surface area contributed by atoms with Crippen molar-refractivity contribution in [2.75, 3.05) is 19.8 Å². The van der Waals surface area contributed by atoms with E-state index in [9.17, 15) is 4.79 Å². The van der Waals surface area contributed by atoms with Gasteiger partial charge in [-0.05, 0) is 25.0 Å². The number of carbonyl (C=O) groups excluding carboxylic acids is 1. The highest BCUT2D eigenvalue weighted by Gasteiger charge is 2.37. The van der Waals surface area contributed by atoms with E-state index in [4.69, 9.17) is 13.6 Å². The van der Waals surface area contributed by atoms with E-state index in [0.29, 0.717) is 31.4 Å². The number of nitrogens with zero attached hydrogens (tertiary/aromatic N) is 2. The molecule has 0 bridgehead atoms. The number of amides is 1. The topological polar surface area (TPSA) is 68.7 Å². The molecule has 1 aliphatic heterocycles. The first-order valence-electron chi connectivity index (χ1n) is 7.20. The highest BCUT2D eigenvalue weighted by Crippen LogP contribution is 2.41. The van der Waals surface area contributed by atoms with Gasteiger partial charge in [0.2, 0.25) is 5.76 Å². The summed E-state index contributed by atoms with van der Waals surface area (Å²) in [6.45, 7) is 1.48. The molecule has 0 N–H and O–H groups in total. The van der Waals surface area contributed by atoms with Crippen LogP contribution in [0.2, 0.25) is 0 Å². The lowest BCUT2D eigenvalue weighted by Crippen LogP contribution is -2.43. The predicted molar refractivity (Wildman–Crippen MR) is 71.8 cm³/mol. The molecule has 21 heavy (non-hydrogen) atoms. The van der Waals surface area contributed by atoms with Gasteiger partial charge in [0, 0.05) is 12.5 Å². The summed E-state index contributed by atoms with van der Waals surface area (Å²) in [4.78, 5) is 18.8. The lowest BCUT2D eigenvalue weighted by atomic mass is 10.1. The van der Waals surface area contributed by atoms with Gasteiger partial charge in [-0.2, -0.15) is 0 Å². The molecule has 6 nitrogen and oxygen atoms in total. The Morgan fingerprint density at radius 2 is 2.24 bits per heavy atom. The van der Waals surface area contributed by atoms with Crippen molar-refractivity contribution in [3.05, 3.63) is 42.0 Å². The van der Waals surface area contributed by atoms with Crippen LogP contribution in [-0.4, -0.2) is 35.5 Å². The number of ether oxygens (including phenoxy) is 1. The smallest absolute Gasteiger partial charge is 0.292 e. The summed E-state index contributed by atoms with van der Waals surface area (Å²) in [5.74, 6) is 1.36. The molecule has 2 aliphatic rings. The summed E-state index contributed by atoms with van der Waals surface area (Å²) in [6, 6.07) is 3.47. The van der Waals surface area contributed by atoms with Crippen LogP contribution in [0.25, 0.3) is 0 Å². The van der Waals surface area contributed by atoms with Crippen LogP contribution in [0.5, 0.6) is 0 Å². The predicted octanol–water partition coefficient (Wildman–Crippen LogP) is 2.36. The minimum absolute atomic E-state index is 0.126. The fourth-order valence-electron chi connectivity index (χ4n) is 2.76. The normalized spacial score (nSPS) is 22.5. The zero-order valence-corrected chi connectivity index (χ0v) is 11.5. The molecule has 1 atom stereocenters. The van der Waals surface area contributed by atoms with Crippen molar-refractivity contribution in [1.29, 1.82) is 0 Å². The summed E-state index contributed by atoms with van der Waals surface area (Å²) in [7, 11) is 0. The van der Waals surface area contributed by atoms with Crippen molar-refractivity contribution < 1.29 is 18.4 Å². The van der Waals surface area contributed by atoms with Gasteiger partial charge in [-0.3, -0.25) is 4.79 Å². The van der Waals surface area contributed by atoms with E-state index in [0.717, 1.165) is 24.3 Å². The highest BCUT2D eigenvalue weighted by atomic mass is 16.5. The minimum atomic E-state index is -0.210. The second kappa shape index (κ2) is 5.04. The van der Waals surface area contributed by atoms with Crippen LogP contribution >= 0.6 is 0 Å². The quantitative estimate of drug-likeness (QED) is 0.867. The standard InChI is InChI=1S/C15H16N2O4/c18-15(14-13(10-3-4-10)16-9-21-14)17-5-7-19-8-11(17)12-2-1-6-20-12/h1-2,6,9-11H,3-5,7-8H2. The van der Waals surface area contributed by atoms with Crippen LogP contribution in [-0.2, 0) is 4.74 Å². The average molecular weight is 288 g/mol. The first-order valence-corrected chi connectivity index (χ1v) is 7.20. The molecule has 1 unspecified atom stereocenters. The van der Waals surface area contributed by atoms with Gasteiger partial charge in [-0.25, -0.2) is 4.98 Å². The summed E-state index contributed by atoms with van der Waals surface area (Å²) >= 11 is 0. The Morgan fingerprint density at radius 3 is 3.00 bits per heavy atom. The third-order valence-electron chi connectivity index (χ3n) is 4.01. The van der Waals surface area contributed by atoms with E-state index in [1.807, 2.05) is 12.1 Å². The number of carbonyl (C=O) groups is 1. The molecule has 0 radical (unpaired) electrons. The first kappa shape index (κ1) is 12.6. The molecule has 1 aliphatic carbocycles. The Balaban J connectivity index is 1.63. The molecule has 6 heteroatoms. The maximum absolute atomic E-state index is 12.8. The number of aromatic nitrogens is 1. The molecule has 0 spiro atoms. The molecular formula is C15H16N2O4. The van der Waals surface area contributed by atoms with E-state index in [2.05, 4.69) is 4.98 Å². The van der Waals surface area contributed by atoms with Crippen LogP contribution in [0.1, 0.15) is 46.8 Å². The van der Waals surface area contributed by atoms with Crippen molar-refractivity contribution in [1.82, 2.24) is 9.88 Å². The number of hydrogen-bond donors (Lipinski definition) is 0. The zero-order chi connectivity index (χ0) is 14.2. The van der Waals surface area contributed by atoms with E-state index in [1.54, 1.807) is 11.2 Å². The van der Waals surface area contributed by atoms with Gasteiger partial charge < -0.3 is 18.5 Å². The summed E-state index contributed by atoms with van der Waals surface area (Å²) in [6.07, 6.45) is 5.13. The first-order chi connectivity index (χ1) is 10.3. The third-order valence-corrected chi connectivity index (χ3v) is 4.01. The molecule has 110 valence electrons. The molecule has 0 aromatic carbocycles. The molecule has 2 aromatic heterocycles. The molecule has 1 saturated heterocycles. The third kappa shape index (κ3) is 2.25. The fraction of sp³-hybridized carbons (Fsp3) is 0.467. The fourth-order valence-corrected chi connectivity index (χ4v) is 2.76. The second-order valence-electron chi connectivity index (χ2n) is 5.45. The highest BCUT2D eigenvalue weighted by molar-refractivity contribution is 5.93. The maximum atomic E-state index is 12.8. The molecule has 2 aromatic rings. The number of oxazole rings is 1. The molecule has 2 fully saturated rings. The van der Waals surface area contributed by atoms with Gasteiger partial charge in [0.25, 0.3) is 5.91 Å². The van der Waals surface area contributed by atoms with E-state index in [-0.39, 0.29) is 11.9 Å². The Kier molecular flexibility index (Phi) is 3.03. The number of hydrogen-bond acceptors (Lipinski definition) is 5. The lowest BCUT2D eigenvalue weighted by Gasteiger charge is -2.33. The van der Waals surface area contributed by atoms with Crippen molar-refractivity contribution in [2.45, 2.75) is 24.8 Å². The van der Waals surface area contributed by atoms with E-state index >= 15 is 0 Å². The molecule has 4 rings (SSSR count). The Bertz CT molecular complexity index is 630. The number of rotatable bonds is 3. The van der Waals surface area contributed by atoms with Crippen LogP contribution in [0.4, 0.5) is 0 Å². The van der Waals surface area contributed by atoms with Gasteiger partial charge in [0.1, 0.15) is 11.8 Å². The van der Waals surface area contributed by atoms with Crippen molar-refractivity contribution in [2.24, 2.45) is 0 Å². The van der Waals surface area contributed by atoms with Gasteiger partial charge >= 0.3 is 0 Å². The average Bonchev–Trinajstić information content (AvgIpc) is 3.05. The van der Waals surface area contributed by atoms with Gasteiger partial charge in [-0.1, -0.05) is 0 Å².